The topological polar surface area (TPSA) is 82.7 Å². The van der Waals surface area contributed by atoms with Gasteiger partial charge in [-0.15, -0.1) is 24.0 Å². The molecule has 3 N–H and O–H groups in total. The van der Waals surface area contributed by atoms with Crippen LogP contribution in [-0.2, 0) is 13.0 Å². The fourth-order valence-corrected chi connectivity index (χ4v) is 2.35. The Morgan fingerprint density at radius 3 is 2.58 bits per heavy atom. The summed E-state index contributed by atoms with van der Waals surface area (Å²) in [5.41, 5.74) is 2.04. The van der Waals surface area contributed by atoms with Gasteiger partial charge < -0.3 is 20.3 Å². The van der Waals surface area contributed by atoms with Crippen molar-refractivity contribution in [2.24, 2.45) is 4.99 Å². The van der Waals surface area contributed by atoms with Crippen LogP contribution in [0.4, 0.5) is 0 Å². The third-order valence-corrected chi connectivity index (χ3v) is 3.73. The summed E-state index contributed by atoms with van der Waals surface area (Å²) in [5, 5.41) is 20.6. The minimum Gasteiger partial charge on any atom is -0.391 e. The van der Waals surface area contributed by atoms with Crippen LogP contribution < -0.4 is 10.6 Å². The highest BCUT2D eigenvalue weighted by Gasteiger charge is 2.09. The smallest absolute Gasteiger partial charge is 0.191 e. The summed E-state index contributed by atoms with van der Waals surface area (Å²) >= 11 is 0. The highest BCUT2D eigenvalue weighted by Crippen LogP contribution is 2.14. The Labute approximate surface area is 172 Å². The van der Waals surface area contributed by atoms with Crippen LogP contribution in [0.2, 0.25) is 0 Å². The Bertz CT molecular complexity index is 659. The van der Waals surface area contributed by atoms with Crippen LogP contribution in [0, 0.1) is 0 Å². The second-order valence-corrected chi connectivity index (χ2v) is 6.29. The third-order valence-electron chi connectivity index (χ3n) is 3.73. The number of aromatic nitrogens is 1. The van der Waals surface area contributed by atoms with Crippen molar-refractivity contribution in [3.05, 3.63) is 53.4 Å². The molecule has 7 heteroatoms. The van der Waals surface area contributed by atoms with Gasteiger partial charge in [-0.3, -0.25) is 0 Å². The molecular weight excluding hydrogens is 443 g/mol. The molecule has 0 amide bonds. The summed E-state index contributed by atoms with van der Waals surface area (Å²) in [6, 6.07) is 11.9. The Hall–Kier alpha value is -1.61. The Morgan fingerprint density at radius 2 is 1.96 bits per heavy atom. The van der Waals surface area contributed by atoms with E-state index in [1.54, 1.807) is 0 Å². The Kier molecular flexibility index (Phi) is 10.3. The number of nitrogens with zero attached hydrogens (tertiary/aromatic N) is 2. The van der Waals surface area contributed by atoms with E-state index in [0.29, 0.717) is 31.4 Å². The summed E-state index contributed by atoms with van der Waals surface area (Å²) in [7, 11) is 0. The molecule has 2 aromatic rings. The molecule has 1 aromatic heterocycles. The molecule has 26 heavy (non-hydrogen) atoms. The lowest BCUT2D eigenvalue weighted by Gasteiger charge is -2.15. The molecule has 0 saturated heterocycles. The first-order valence-corrected chi connectivity index (χ1v) is 8.78. The number of aliphatic imine (C=N–C) groups is 1. The first-order valence-electron chi connectivity index (χ1n) is 8.78. The first kappa shape index (κ1) is 22.4. The number of halogens is 1. The van der Waals surface area contributed by atoms with E-state index >= 15 is 0 Å². The molecule has 0 radical (unpaired) electrons. The van der Waals surface area contributed by atoms with Crippen molar-refractivity contribution in [1.82, 2.24) is 15.8 Å². The molecule has 1 heterocycles. The normalized spacial score (nSPS) is 12.6. The Balaban J connectivity index is 0.00000338. The molecule has 1 aromatic carbocycles. The SMILES string of the molecule is CCNC(=NCc1cc(C(C)C)no1)NCC(O)Cc1ccccc1.I. The number of aliphatic hydroxyl groups is 1. The molecule has 0 bridgehead atoms. The van der Waals surface area contributed by atoms with Gasteiger partial charge in [-0.25, -0.2) is 4.99 Å². The lowest BCUT2D eigenvalue weighted by molar-refractivity contribution is 0.177. The standard InChI is InChI=1S/C19H28N4O2.HI/c1-4-20-19(22-13-17-11-18(14(2)3)23-25-17)21-12-16(24)10-15-8-6-5-7-9-15;/h5-9,11,14,16,24H,4,10,12-13H2,1-3H3,(H2,20,21,22);1H. The molecule has 2 rings (SSSR count). The van der Waals surface area contributed by atoms with E-state index in [0.717, 1.165) is 23.6 Å². The molecule has 0 aliphatic heterocycles. The summed E-state index contributed by atoms with van der Waals surface area (Å²) in [4.78, 5) is 4.48. The quantitative estimate of drug-likeness (QED) is 0.313. The zero-order valence-electron chi connectivity index (χ0n) is 15.6. The van der Waals surface area contributed by atoms with Crippen LogP contribution in [0.1, 0.15) is 43.7 Å². The van der Waals surface area contributed by atoms with E-state index in [9.17, 15) is 5.11 Å². The number of guanidine groups is 1. The van der Waals surface area contributed by atoms with Crippen molar-refractivity contribution in [2.45, 2.75) is 45.8 Å². The zero-order chi connectivity index (χ0) is 18.1. The summed E-state index contributed by atoms with van der Waals surface area (Å²) in [6.07, 6.45) is 0.122. The molecule has 0 aliphatic carbocycles. The lowest BCUT2D eigenvalue weighted by Crippen LogP contribution is -2.41. The second kappa shape index (κ2) is 11.9. The van der Waals surface area contributed by atoms with Crippen LogP contribution in [0.5, 0.6) is 0 Å². The van der Waals surface area contributed by atoms with Crippen LogP contribution in [0.25, 0.3) is 0 Å². The fraction of sp³-hybridized carbons (Fsp3) is 0.474. The van der Waals surface area contributed by atoms with Crippen LogP contribution in [-0.4, -0.2) is 35.4 Å². The molecule has 0 saturated carbocycles. The van der Waals surface area contributed by atoms with Crippen molar-refractivity contribution < 1.29 is 9.63 Å². The van der Waals surface area contributed by atoms with Gasteiger partial charge in [-0.2, -0.15) is 0 Å². The molecular formula is C19H29IN4O2. The molecule has 6 nitrogen and oxygen atoms in total. The fourth-order valence-electron chi connectivity index (χ4n) is 2.35. The average Bonchev–Trinajstić information content (AvgIpc) is 3.07. The van der Waals surface area contributed by atoms with Gasteiger partial charge in [0.25, 0.3) is 0 Å². The van der Waals surface area contributed by atoms with E-state index in [4.69, 9.17) is 4.52 Å². The molecule has 144 valence electrons. The second-order valence-electron chi connectivity index (χ2n) is 6.29. The number of nitrogens with one attached hydrogen (secondary N) is 2. The van der Waals surface area contributed by atoms with E-state index in [1.807, 2.05) is 43.3 Å². The monoisotopic (exact) mass is 472 g/mol. The van der Waals surface area contributed by atoms with E-state index in [2.05, 4.69) is 34.6 Å². The minimum absolute atomic E-state index is 0. The van der Waals surface area contributed by atoms with Crippen molar-refractivity contribution in [3.8, 4) is 0 Å². The van der Waals surface area contributed by atoms with E-state index in [-0.39, 0.29) is 24.0 Å². The zero-order valence-corrected chi connectivity index (χ0v) is 17.9. The summed E-state index contributed by atoms with van der Waals surface area (Å²) < 4.78 is 5.30. The molecule has 0 aliphatic rings. The maximum atomic E-state index is 10.2. The van der Waals surface area contributed by atoms with Gasteiger partial charge in [-0.1, -0.05) is 49.3 Å². The predicted molar refractivity (Wildman–Crippen MR) is 115 cm³/mol. The maximum absolute atomic E-state index is 10.2. The van der Waals surface area contributed by atoms with Crippen LogP contribution in [0.3, 0.4) is 0 Å². The number of benzene rings is 1. The first-order chi connectivity index (χ1) is 12.1. The molecule has 0 fully saturated rings. The number of hydrogen-bond acceptors (Lipinski definition) is 4. The Morgan fingerprint density at radius 1 is 1.23 bits per heavy atom. The van der Waals surface area contributed by atoms with E-state index in [1.165, 1.54) is 0 Å². The van der Waals surface area contributed by atoms with Crippen molar-refractivity contribution in [3.63, 3.8) is 0 Å². The van der Waals surface area contributed by atoms with Gasteiger partial charge in [-0.05, 0) is 18.4 Å². The number of hydrogen-bond donors (Lipinski definition) is 3. The molecule has 0 spiro atoms. The highest BCUT2D eigenvalue weighted by molar-refractivity contribution is 14.0. The molecule has 1 unspecified atom stereocenters. The number of aliphatic hydroxyl groups excluding tert-OH is 1. The predicted octanol–water partition coefficient (Wildman–Crippen LogP) is 3.07. The molecule has 1 atom stereocenters. The van der Waals surface area contributed by atoms with Gasteiger partial charge in [0, 0.05) is 25.6 Å². The van der Waals surface area contributed by atoms with Crippen molar-refractivity contribution >= 4 is 29.9 Å². The van der Waals surface area contributed by atoms with Crippen molar-refractivity contribution in [2.75, 3.05) is 13.1 Å². The van der Waals surface area contributed by atoms with Crippen LogP contribution >= 0.6 is 24.0 Å². The summed E-state index contributed by atoms with van der Waals surface area (Å²) in [5.74, 6) is 1.71. The van der Waals surface area contributed by atoms with Gasteiger partial charge in [0.05, 0.1) is 11.8 Å². The van der Waals surface area contributed by atoms with Gasteiger partial charge in [0.2, 0.25) is 0 Å². The average molecular weight is 472 g/mol. The lowest BCUT2D eigenvalue weighted by atomic mass is 10.1. The van der Waals surface area contributed by atoms with Crippen LogP contribution in [0.15, 0.2) is 45.9 Å². The van der Waals surface area contributed by atoms with E-state index < -0.39 is 6.10 Å². The van der Waals surface area contributed by atoms with Gasteiger partial charge in [0.15, 0.2) is 11.7 Å². The van der Waals surface area contributed by atoms with Gasteiger partial charge in [0.1, 0.15) is 6.54 Å². The largest absolute Gasteiger partial charge is 0.391 e. The summed E-state index contributed by atoms with van der Waals surface area (Å²) in [6.45, 7) is 7.73. The van der Waals surface area contributed by atoms with Crippen molar-refractivity contribution in [1.29, 1.82) is 0 Å². The minimum atomic E-state index is -0.482. The maximum Gasteiger partial charge on any atom is 0.191 e. The highest BCUT2D eigenvalue weighted by atomic mass is 127. The number of rotatable bonds is 8. The third kappa shape index (κ3) is 7.74. The van der Waals surface area contributed by atoms with Gasteiger partial charge >= 0.3 is 0 Å².